The highest BCUT2D eigenvalue weighted by Crippen LogP contribution is 2.09. The number of carboxylic acids is 1. The summed E-state index contributed by atoms with van der Waals surface area (Å²) in [7, 11) is 0. The predicted molar refractivity (Wildman–Crippen MR) is 114 cm³/mol. The Kier molecular flexibility index (Phi) is 8.86. The van der Waals surface area contributed by atoms with Crippen LogP contribution in [0, 0.1) is 0 Å². The zero-order chi connectivity index (χ0) is 22.8. The lowest BCUT2D eigenvalue weighted by Gasteiger charge is -2.26. The van der Waals surface area contributed by atoms with Gasteiger partial charge in [-0.15, -0.1) is 0 Å². The number of aliphatic carboxylic acids is 1. The first-order valence-electron chi connectivity index (χ1n) is 9.73. The van der Waals surface area contributed by atoms with Crippen LogP contribution in [0.3, 0.4) is 0 Å². The molecule has 0 unspecified atom stereocenters. The molecule has 0 atom stereocenters. The predicted octanol–water partition coefficient (Wildman–Crippen LogP) is 0.229. The molecular weight excluding hydrogens is 400 g/mol. The lowest BCUT2D eigenvalue weighted by molar-refractivity contribution is -0.144. The molecule has 2 rings (SSSR count). The van der Waals surface area contributed by atoms with Crippen molar-refractivity contribution >= 4 is 23.7 Å². The summed E-state index contributed by atoms with van der Waals surface area (Å²) in [4.78, 5) is 51.1. The third-order valence-electron chi connectivity index (χ3n) is 4.63. The summed E-state index contributed by atoms with van der Waals surface area (Å²) in [6.07, 6.45) is 0.00739. The van der Waals surface area contributed by atoms with Crippen LogP contribution < -0.4 is 11.5 Å². The van der Waals surface area contributed by atoms with Gasteiger partial charge < -0.3 is 21.5 Å². The molecule has 0 aromatic heterocycles. The van der Waals surface area contributed by atoms with E-state index >= 15 is 0 Å². The van der Waals surface area contributed by atoms with E-state index in [1.807, 2.05) is 6.07 Å². The first-order valence-corrected chi connectivity index (χ1v) is 9.73. The topological polar surface area (TPSA) is 147 Å². The van der Waals surface area contributed by atoms with E-state index in [-0.39, 0.29) is 25.1 Å². The van der Waals surface area contributed by atoms with E-state index in [0.717, 1.165) is 20.9 Å². The molecule has 9 nitrogen and oxygen atoms in total. The van der Waals surface area contributed by atoms with Crippen molar-refractivity contribution in [2.45, 2.75) is 13.0 Å². The fourth-order valence-corrected chi connectivity index (χ4v) is 2.95. The second-order valence-electron chi connectivity index (χ2n) is 6.83. The van der Waals surface area contributed by atoms with Crippen LogP contribution in [-0.4, -0.2) is 64.8 Å². The Bertz CT molecular complexity index is 915. The minimum Gasteiger partial charge on any atom is -0.480 e. The van der Waals surface area contributed by atoms with E-state index < -0.39 is 36.8 Å². The maximum absolute atomic E-state index is 12.8. The largest absolute Gasteiger partial charge is 0.480 e. The molecule has 31 heavy (non-hydrogen) atoms. The minimum absolute atomic E-state index is 0.00739. The third-order valence-corrected chi connectivity index (χ3v) is 4.63. The van der Waals surface area contributed by atoms with Crippen molar-refractivity contribution in [2.75, 3.05) is 26.2 Å². The summed E-state index contributed by atoms with van der Waals surface area (Å²) in [5, 5.41) is 9.18. The number of carbonyl (C=O) groups is 4. The zero-order valence-electron chi connectivity index (χ0n) is 17.1. The summed E-state index contributed by atoms with van der Waals surface area (Å²) in [5.41, 5.74) is 12.8. The molecule has 9 heteroatoms. The molecule has 0 spiro atoms. The maximum atomic E-state index is 12.8. The Balaban J connectivity index is 2.14. The van der Waals surface area contributed by atoms with Gasteiger partial charge in [0.05, 0.1) is 13.0 Å². The van der Waals surface area contributed by atoms with Gasteiger partial charge in [-0.05, 0) is 23.3 Å². The van der Waals surface area contributed by atoms with Crippen molar-refractivity contribution in [3.05, 3.63) is 71.3 Å². The van der Waals surface area contributed by atoms with E-state index in [1.54, 1.807) is 48.5 Å². The molecule has 0 heterocycles. The van der Waals surface area contributed by atoms with Gasteiger partial charge in [-0.2, -0.15) is 0 Å². The molecule has 0 saturated carbocycles. The molecule has 0 aliphatic carbocycles. The molecule has 0 radical (unpaired) electrons. The van der Waals surface area contributed by atoms with Crippen LogP contribution >= 0.6 is 0 Å². The third kappa shape index (κ3) is 7.02. The van der Waals surface area contributed by atoms with Crippen molar-refractivity contribution in [2.24, 2.45) is 11.5 Å². The Morgan fingerprint density at radius 2 is 1.45 bits per heavy atom. The first kappa shape index (κ1) is 23.7. The Hall–Kier alpha value is -3.56. The molecule has 0 saturated heterocycles. The van der Waals surface area contributed by atoms with Crippen LogP contribution in [0.15, 0.2) is 54.6 Å². The van der Waals surface area contributed by atoms with E-state index in [2.05, 4.69) is 0 Å². The lowest BCUT2D eigenvalue weighted by atomic mass is 10.1. The molecule has 0 aliphatic heterocycles. The number of nitrogens with zero attached hydrogens (tertiary/aromatic N) is 2. The van der Waals surface area contributed by atoms with Crippen LogP contribution in [-0.2, 0) is 27.3 Å². The highest BCUT2D eigenvalue weighted by molar-refractivity contribution is 6.05. The number of hydrogen-bond acceptors (Lipinski definition) is 6. The summed E-state index contributed by atoms with van der Waals surface area (Å²) in [6, 6.07) is 15.3. The van der Waals surface area contributed by atoms with Crippen LogP contribution in [0.5, 0.6) is 0 Å². The van der Waals surface area contributed by atoms with Gasteiger partial charge in [-0.25, -0.2) is 0 Å². The van der Waals surface area contributed by atoms with E-state index in [4.69, 9.17) is 11.5 Å². The normalized spacial score (nSPS) is 10.4. The van der Waals surface area contributed by atoms with Crippen molar-refractivity contribution in [3.8, 4) is 0 Å². The second kappa shape index (κ2) is 11.6. The van der Waals surface area contributed by atoms with Gasteiger partial charge in [0.25, 0.3) is 5.91 Å². The van der Waals surface area contributed by atoms with Crippen molar-refractivity contribution in [1.82, 2.24) is 9.80 Å². The minimum atomic E-state index is -1.19. The zero-order valence-corrected chi connectivity index (χ0v) is 17.1. The molecule has 0 aliphatic rings. The molecule has 0 fully saturated rings. The highest BCUT2D eigenvalue weighted by Gasteiger charge is 2.24. The average molecular weight is 426 g/mol. The molecule has 2 aromatic carbocycles. The smallest absolute Gasteiger partial charge is 0.323 e. The Morgan fingerprint density at radius 1 is 0.806 bits per heavy atom. The first-order chi connectivity index (χ1) is 14.8. The molecule has 5 N–H and O–H groups in total. The average Bonchev–Trinajstić information content (AvgIpc) is 2.78. The van der Waals surface area contributed by atoms with Crippen LogP contribution in [0.1, 0.15) is 21.5 Å². The van der Waals surface area contributed by atoms with Gasteiger partial charge in [0.15, 0.2) is 0 Å². The van der Waals surface area contributed by atoms with E-state index in [9.17, 15) is 24.3 Å². The van der Waals surface area contributed by atoms with Gasteiger partial charge >= 0.3 is 5.97 Å². The monoisotopic (exact) mass is 426 g/mol. The standard InChI is InChI=1S/C22H26N4O5/c23-13-17-6-8-18(9-7-17)22(31)26(20(28)14-24)11-10-25(15-21(29)30)19(27)12-16-4-2-1-3-5-16/h1-9H,10-15,23-24H2,(H,29,30). The number of nitrogens with two attached hydrogens (primary N) is 2. The summed E-state index contributed by atoms with van der Waals surface area (Å²) in [6.45, 7) is -0.940. The number of benzene rings is 2. The molecule has 3 amide bonds. The Morgan fingerprint density at radius 3 is 2.00 bits per heavy atom. The van der Waals surface area contributed by atoms with Crippen molar-refractivity contribution < 1.29 is 24.3 Å². The number of carbonyl (C=O) groups excluding carboxylic acids is 3. The van der Waals surface area contributed by atoms with Gasteiger partial charge in [0, 0.05) is 25.2 Å². The number of hydrogen-bond donors (Lipinski definition) is 3. The fourth-order valence-electron chi connectivity index (χ4n) is 2.95. The van der Waals surface area contributed by atoms with Gasteiger partial charge in [-0.1, -0.05) is 42.5 Å². The summed E-state index contributed by atoms with van der Waals surface area (Å²) < 4.78 is 0. The fraction of sp³-hybridized carbons (Fsp3) is 0.273. The van der Waals surface area contributed by atoms with Crippen LogP contribution in [0.25, 0.3) is 0 Å². The second-order valence-corrected chi connectivity index (χ2v) is 6.83. The van der Waals surface area contributed by atoms with Crippen LogP contribution in [0.2, 0.25) is 0 Å². The molecule has 164 valence electrons. The summed E-state index contributed by atoms with van der Waals surface area (Å²) in [5.74, 6) is -2.82. The number of rotatable bonds is 10. The van der Waals surface area contributed by atoms with E-state index in [0.29, 0.717) is 6.54 Å². The van der Waals surface area contributed by atoms with Gasteiger partial charge in [0.2, 0.25) is 11.8 Å². The van der Waals surface area contributed by atoms with Crippen molar-refractivity contribution in [3.63, 3.8) is 0 Å². The quantitative estimate of drug-likeness (QED) is 0.493. The number of imide groups is 1. The number of carboxylic acid groups (broad SMARTS) is 1. The Labute approximate surface area is 180 Å². The molecule has 0 bridgehead atoms. The van der Waals surface area contributed by atoms with Gasteiger partial charge in [0.1, 0.15) is 6.54 Å². The molecule has 2 aromatic rings. The lowest BCUT2D eigenvalue weighted by Crippen LogP contribution is -2.47. The highest BCUT2D eigenvalue weighted by atomic mass is 16.4. The SMILES string of the molecule is NCC(=O)N(CCN(CC(=O)O)C(=O)Cc1ccccc1)C(=O)c1ccc(CN)cc1. The van der Waals surface area contributed by atoms with Crippen LogP contribution in [0.4, 0.5) is 0 Å². The molecular formula is C22H26N4O5. The van der Waals surface area contributed by atoms with E-state index in [1.165, 1.54) is 0 Å². The number of amides is 3. The van der Waals surface area contributed by atoms with Crippen molar-refractivity contribution in [1.29, 1.82) is 0 Å². The van der Waals surface area contributed by atoms with Gasteiger partial charge in [-0.3, -0.25) is 24.1 Å². The maximum Gasteiger partial charge on any atom is 0.323 e. The summed E-state index contributed by atoms with van der Waals surface area (Å²) >= 11 is 0.